The molecular weight excluding hydrogens is 416 g/mol. The van der Waals surface area contributed by atoms with E-state index in [0.717, 1.165) is 55.0 Å². The Morgan fingerprint density at radius 2 is 1.88 bits per heavy atom. The number of ether oxygens (including phenoxy) is 1. The fraction of sp³-hybridized carbons (Fsp3) is 0.385. The minimum atomic E-state index is -0.0914. The van der Waals surface area contributed by atoms with Crippen LogP contribution < -0.4 is 10.6 Å². The molecule has 0 atom stereocenters. The van der Waals surface area contributed by atoms with E-state index in [9.17, 15) is 9.59 Å². The van der Waals surface area contributed by atoms with E-state index in [0.29, 0.717) is 25.2 Å². The highest BCUT2D eigenvalue weighted by Gasteiger charge is 2.17. The summed E-state index contributed by atoms with van der Waals surface area (Å²) in [5, 5.41) is 6.92. The van der Waals surface area contributed by atoms with E-state index in [4.69, 9.17) is 4.74 Å². The van der Waals surface area contributed by atoms with E-state index in [1.54, 1.807) is 0 Å². The molecule has 2 N–H and O–H groups in total. The molecule has 33 heavy (non-hydrogen) atoms. The van der Waals surface area contributed by atoms with Gasteiger partial charge in [0.2, 0.25) is 5.91 Å². The number of nitrogens with one attached hydrogen (secondary N) is 2. The third kappa shape index (κ3) is 5.80. The first-order valence-corrected chi connectivity index (χ1v) is 11.6. The molecule has 7 heteroatoms. The molecule has 4 rings (SSSR count). The number of anilines is 1. The number of nitrogens with zero attached hydrogens (tertiary/aromatic N) is 2. The van der Waals surface area contributed by atoms with Crippen molar-refractivity contribution in [1.82, 2.24) is 14.8 Å². The number of rotatable bonds is 8. The Morgan fingerprint density at radius 3 is 2.64 bits per heavy atom. The van der Waals surface area contributed by atoms with Crippen LogP contribution in [-0.4, -0.2) is 60.7 Å². The van der Waals surface area contributed by atoms with Crippen molar-refractivity contribution in [3.05, 3.63) is 65.4 Å². The van der Waals surface area contributed by atoms with E-state index in [-0.39, 0.29) is 11.8 Å². The van der Waals surface area contributed by atoms with E-state index < -0.39 is 0 Å². The number of hydrogen-bond acceptors (Lipinski definition) is 4. The highest BCUT2D eigenvalue weighted by Crippen LogP contribution is 2.25. The second-order valence-corrected chi connectivity index (χ2v) is 8.49. The number of hydrogen-bond donors (Lipinski definition) is 2. The normalized spacial score (nSPS) is 14.4. The van der Waals surface area contributed by atoms with Crippen LogP contribution in [0.4, 0.5) is 5.69 Å². The number of carbonyl (C=O) groups is 2. The van der Waals surface area contributed by atoms with Gasteiger partial charge < -0.3 is 19.9 Å². The van der Waals surface area contributed by atoms with Crippen LogP contribution in [0.2, 0.25) is 0 Å². The fourth-order valence-electron chi connectivity index (χ4n) is 4.19. The molecule has 2 heterocycles. The van der Waals surface area contributed by atoms with Gasteiger partial charge in [0.25, 0.3) is 5.91 Å². The van der Waals surface area contributed by atoms with Crippen molar-refractivity contribution in [3.63, 3.8) is 0 Å². The van der Waals surface area contributed by atoms with Crippen LogP contribution >= 0.6 is 0 Å². The van der Waals surface area contributed by atoms with Gasteiger partial charge in [-0.2, -0.15) is 0 Å². The van der Waals surface area contributed by atoms with Gasteiger partial charge in [0.1, 0.15) is 5.69 Å². The molecule has 1 aliphatic heterocycles. The van der Waals surface area contributed by atoms with Crippen molar-refractivity contribution in [2.45, 2.75) is 26.8 Å². The predicted molar refractivity (Wildman–Crippen MR) is 131 cm³/mol. The molecule has 0 aliphatic carbocycles. The van der Waals surface area contributed by atoms with Crippen molar-refractivity contribution in [3.8, 4) is 0 Å². The predicted octanol–water partition coefficient (Wildman–Crippen LogP) is 3.41. The minimum Gasteiger partial charge on any atom is -0.379 e. The average Bonchev–Trinajstić information content (AvgIpc) is 3.17. The zero-order chi connectivity index (χ0) is 23.2. The molecule has 7 nitrogen and oxygen atoms in total. The molecule has 0 radical (unpaired) electrons. The number of fused-ring (bicyclic) bond motifs is 1. The van der Waals surface area contributed by atoms with Crippen LogP contribution in [0.15, 0.2) is 48.5 Å². The first-order chi connectivity index (χ1) is 16.0. The Morgan fingerprint density at radius 1 is 1.06 bits per heavy atom. The molecule has 1 aliphatic rings. The van der Waals surface area contributed by atoms with Gasteiger partial charge in [-0.25, -0.2) is 0 Å². The van der Waals surface area contributed by atoms with Crippen LogP contribution in [0.25, 0.3) is 10.9 Å². The van der Waals surface area contributed by atoms with E-state index in [1.807, 2.05) is 37.3 Å². The molecule has 2 aromatic carbocycles. The first-order valence-electron chi connectivity index (χ1n) is 11.6. The van der Waals surface area contributed by atoms with E-state index in [1.165, 1.54) is 5.56 Å². The second kappa shape index (κ2) is 10.6. The molecule has 1 saturated heterocycles. The summed E-state index contributed by atoms with van der Waals surface area (Å²) in [5.74, 6) is -0.124. The van der Waals surface area contributed by atoms with Gasteiger partial charge in [-0.05, 0) is 36.8 Å². The largest absolute Gasteiger partial charge is 0.379 e. The maximum absolute atomic E-state index is 13.2. The van der Waals surface area contributed by atoms with Gasteiger partial charge in [0.05, 0.1) is 13.2 Å². The number of morpholine rings is 1. The first kappa shape index (κ1) is 23.0. The zero-order valence-corrected chi connectivity index (χ0v) is 19.4. The lowest BCUT2D eigenvalue weighted by Gasteiger charge is -2.26. The maximum Gasteiger partial charge on any atom is 0.267 e. The smallest absolute Gasteiger partial charge is 0.267 e. The summed E-state index contributed by atoms with van der Waals surface area (Å²) in [4.78, 5) is 27.3. The Kier molecular flexibility index (Phi) is 7.42. The third-order valence-electron chi connectivity index (χ3n) is 5.98. The number of benzene rings is 2. The minimum absolute atomic E-state index is 0.0328. The van der Waals surface area contributed by atoms with Crippen LogP contribution in [0.3, 0.4) is 0 Å². The molecular formula is C26H32N4O3. The molecule has 0 bridgehead atoms. The summed E-state index contributed by atoms with van der Waals surface area (Å²) in [7, 11) is 0. The summed E-state index contributed by atoms with van der Waals surface area (Å²) in [6.45, 7) is 9.17. The van der Waals surface area contributed by atoms with Crippen molar-refractivity contribution < 1.29 is 14.3 Å². The van der Waals surface area contributed by atoms with E-state index in [2.05, 4.69) is 45.2 Å². The van der Waals surface area contributed by atoms with Crippen molar-refractivity contribution in [2.75, 3.05) is 44.7 Å². The van der Waals surface area contributed by atoms with Gasteiger partial charge in [-0.1, -0.05) is 36.8 Å². The number of amides is 2. The van der Waals surface area contributed by atoms with Gasteiger partial charge in [-0.15, -0.1) is 0 Å². The lowest BCUT2D eigenvalue weighted by Crippen LogP contribution is -2.41. The summed E-state index contributed by atoms with van der Waals surface area (Å²) < 4.78 is 7.45. The van der Waals surface area contributed by atoms with Crippen LogP contribution in [0.5, 0.6) is 0 Å². The molecule has 0 saturated carbocycles. The van der Waals surface area contributed by atoms with Gasteiger partial charge in [0.15, 0.2) is 0 Å². The molecule has 0 spiro atoms. The lowest BCUT2D eigenvalue weighted by atomic mass is 10.1. The van der Waals surface area contributed by atoms with Crippen LogP contribution in [-0.2, 0) is 16.1 Å². The number of carbonyl (C=O) groups excluding carboxylic acids is 2. The standard InChI is InChI=1S/C26H32N4O3/c1-3-25(31)28-22-7-8-23-21(16-22)17-24(30(23)18-20-6-4-5-19(2)15-20)26(32)27-9-10-29-11-13-33-14-12-29/h4-8,15-17H,3,9-14,18H2,1-2H3,(H,27,32)(H,28,31). The SMILES string of the molecule is CCC(=O)Nc1ccc2c(c1)cc(C(=O)NCCN1CCOCC1)n2Cc1cccc(C)c1. The van der Waals surface area contributed by atoms with E-state index >= 15 is 0 Å². The van der Waals surface area contributed by atoms with Crippen molar-refractivity contribution in [1.29, 1.82) is 0 Å². The van der Waals surface area contributed by atoms with Gasteiger partial charge in [0, 0.05) is 55.7 Å². The monoisotopic (exact) mass is 448 g/mol. The number of aryl methyl sites for hydroxylation is 1. The molecule has 2 amide bonds. The Labute approximate surface area is 194 Å². The Hall–Kier alpha value is -3.16. The van der Waals surface area contributed by atoms with Crippen molar-refractivity contribution >= 4 is 28.4 Å². The number of aromatic nitrogens is 1. The second-order valence-electron chi connectivity index (χ2n) is 8.49. The molecule has 1 aromatic heterocycles. The zero-order valence-electron chi connectivity index (χ0n) is 19.4. The highest BCUT2D eigenvalue weighted by molar-refractivity contribution is 6.00. The fourth-order valence-corrected chi connectivity index (χ4v) is 4.19. The highest BCUT2D eigenvalue weighted by atomic mass is 16.5. The molecule has 174 valence electrons. The maximum atomic E-state index is 13.2. The molecule has 3 aromatic rings. The van der Waals surface area contributed by atoms with Crippen LogP contribution in [0, 0.1) is 6.92 Å². The van der Waals surface area contributed by atoms with Gasteiger partial charge in [-0.3, -0.25) is 14.5 Å². The Bertz CT molecular complexity index is 1130. The summed E-state index contributed by atoms with van der Waals surface area (Å²) in [5.41, 5.74) is 4.64. The van der Waals surface area contributed by atoms with Crippen LogP contribution in [0.1, 0.15) is 35.0 Å². The van der Waals surface area contributed by atoms with Crippen molar-refractivity contribution in [2.24, 2.45) is 0 Å². The molecule has 0 unspecified atom stereocenters. The lowest BCUT2D eigenvalue weighted by molar-refractivity contribution is -0.115. The Balaban J connectivity index is 1.58. The average molecular weight is 449 g/mol. The quantitative estimate of drug-likeness (QED) is 0.554. The molecule has 1 fully saturated rings. The summed E-state index contributed by atoms with van der Waals surface area (Å²) in [6.07, 6.45) is 0.420. The summed E-state index contributed by atoms with van der Waals surface area (Å²) in [6, 6.07) is 16.0. The third-order valence-corrected chi connectivity index (χ3v) is 5.98. The van der Waals surface area contributed by atoms with Gasteiger partial charge >= 0.3 is 0 Å². The topological polar surface area (TPSA) is 75.6 Å². The summed E-state index contributed by atoms with van der Waals surface area (Å²) >= 11 is 0.